The molecule has 0 spiro atoms. The van der Waals surface area contributed by atoms with Crippen LogP contribution in [0.5, 0.6) is 0 Å². The molecule has 1 aromatic heterocycles. The summed E-state index contributed by atoms with van der Waals surface area (Å²) < 4.78 is 12.1. The van der Waals surface area contributed by atoms with Gasteiger partial charge in [0.15, 0.2) is 0 Å². The van der Waals surface area contributed by atoms with Crippen molar-refractivity contribution in [3.8, 4) is 0 Å². The first-order chi connectivity index (χ1) is 14.7. The van der Waals surface area contributed by atoms with Crippen molar-refractivity contribution in [3.63, 3.8) is 0 Å². The number of nitrogens with one attached hydrogen (secondary N) is 1. The van der Waals surface area contributed by atoms with E-state index in [-0.39, 0.29) is 6.42 Å². The molecule has 0 fully saturated rings. The van der Waals surface area contributed by atoms with Gasteiger partial charge in [0.05, 0.1) is 25.4 Å². The molecule has 0 saturated heterocycles. The third-order valence-electron chi connectivity index (χ3n) is 4.78. The molecule has 3 rings (SSSR count). The fourth-order valence-corrected chi connectivity index (χ4v) is 3.54. The van der Waals surface area contributed by atoms with Crippen molar-refractivity contribution >= 4 is 23.0 Å². The van der Waals surface area contributed by atoms with Crippen LogP contribution < -0.4 is 5.32 Å². The minimum absolute atomic E-state index is 0.284. The van der Waals surface area contributed by atoms with Gasteiger partial charge in [-0.25, -0.2) is 9.59 Å². The highest BCUT2D eigenvalue weighted by atomic mass is 16.6. The Morgan fingerprint density at radius 1 is 1.13 bits per heavy atom. The quantitative estimate of drug-likeness (QED) is 0.606. The minimum atomic E-state index is -0.851. The van der Waals surface area contributed by atoms with E-state index in [0.29, 0.717) is 6.54 Å². The van der Waals surface area contributed by atoms with E-state index in [1.165, 1.54) is 12.7 Å². The van der Waals surface area contributed by atoms with Gasteiger partial charge in [-0.2, -0.15) is 5.10 Å². The Bertz CT molecular complexity index is 1070. The number of carbonyl (C=O) groups is 2. The molecule has 7 heteroatoms. The molecule has 0 saturated carbocycles. The summed E-state index contributed by atoms with van der Waals surface area (Å²) in [6, 6.07) is 13.3. The topological polar surface area (TPSA) is 82.5 Å². The van der Waals surface area contributed by atoms with Crippen molar-refractivity contribution in [2.75, 3.05) is 7.11 Å². The molecule has 164 valence electrons. The second kappa shape index (κ2) is 9.20. The Hall–Kier alpha value is -3.35. The maximum absolute atomic E-state index is 12.3. The number of aryl methyl sites for hydroxylation is 1. The highest BCUT2D eigenvalue weighted by molar-refractivity contribution is 5.84. The van der Waals surface area contributed by atoms with Gasteiger partial charge in [-0.05, 0) is 50.5 Å². The molecule has 1 atom stereocenters. The molecule has 0 radical (unpaired) electrons. The van der Waals surface area contributed by atoms with Crippen LogP contribution in [-0.4, -0.2) is 40.6 Å². The Morgan fingerprint density at radius 3 is 2.48 bits per heavy atom. The number of carbonyl (C=O) groups excluding carboxylic acids is 2. The molecule has 7 nitrogen and oxygen atoms in total. The lowest BCUT2D eigenvalue weighted by molar-refractivity contribution is -0.143. The van der Waals surface area contributed by atoms with E-state index in [2.05, 4.69) is 22.5 Å². The summed E-state index contributed by atoms with van der Waals surface area (Å²) in [6.45, 7) is 8.00. The Morgan fingerprint density at radius 2 is 1.84 bits per heavy atom. The molecule has 31 heavy (non-hydrogen) atoms. The number of amides is 1. The molecule has 0 aliphatic carbocycles. The molecule has 1 unspecified atom stereocenters. The van der Waals surface area contributed by atoms with Crippen molar-refractivity contribution in [1.29, 1.82) is 0 Å². The Balaban J connectivity index is 1.82. The lowest BCUT2D eigenvalue weighted by Crippen LogP contribution is -2.45. The number of ether oxygens (including phenoxy) is 2. The van der Waals surface area contributed by atoms with E-state index in [1.54, 1.807) is 20.8 Å². The number of alkyl carbamates (subject to hydrolysis) is 1. The largest absolute Gasteiger partial charge is 0.467 e. The summed E-state index contributed by atoms with van der Waals surface area (Å²) in [5.41, 5.74) is 3.50. The standard InChI is InChI=1S/C24H29N3O4/c1-16-11-18(13-20(22(28)30-5)26-23(29)31-24(2,3)4)12-19-14-25-27(21(16)19)15-17-9-7-6-8-10-17/h6-12,14,20H,13,15H2,1-5H3,(H,26,29). The second-order valence-electron chi connectivity index (χ2n) is 8.56. The van der Waals surface area contributed by atoms with E-state index in [4.69, 9.17) is 9.47 Å². The van der Waals surface area contributed by atoms with Crippen LogP contribution in [0, 0.1) is 6.92 Å². The summed E-state index contributed by atoms with van der Waals surface area (Å²) in [5.74, 6) is -0.525. The van der Waals surface area contributed by atoms with E-state index in [1.807, 2.05) is 48.1 Å². The molecule has 1 amide bonds. The molecule has 1 N–H and O–H groups in total. The number of aromatic nitrogens is 2. The maximum atomic E-state index is 12.3. The molecular formula is C24H29N3O4. The van der Waals surface area contributed by atoms with Crippen LogP contribution >= 0.6 is 0 Å². The number of methoxy groups -OCH3 is 1. The predicted molar refractivity (Wildman–Crippen MR) is 119 cm³/mol. The number of esters is 1. The fourth-order valence-electron chi connectivity index (χ4n) is 3.54. The number of hydrogen-bond donors (Lipinski definition) is 1. The molecule has 0 aliphatic heterocycles. The molecular weight excluding hydrogens is 394 g/mol. The summed E-state index contributed by atoms with van der Waals surface area (Å²) in [7, 11) is 1.30. The molecule has 0 aliphatic rings. The Labute approximate surface area is 182 Å². The SMILES string of the molecule is COC(=O)C(Cc1cc(C)c2c(cnn2Cc2ccccc2)c1)NC(=O)OC(C)(C)C. The van der Waals surface area contributed by atoms with Crippen LogP contribution in [0.3, 0.4) is 0 Å². The van der Waals surface area contributed by atoms with Gasteiger partial charge in [0.1, 0.15) is 11.6 Å². The van der Waals surface area contributed by atoms with Gasteiger partial charge in [0.2, 0.25) is 0 Å². The second-order valence-corrected chi connectivity index (χ2v) is 8.56. The van der Waals surface area contributed by atoms with Gasteiger partial charge >= 0.3 is 12.1 Å². The van der Waals surface area contributed by atoms with Crippen LogP contribution in [0.1, 0.15) is 37.5 Å². The van der Waals surface area contributed by atoms with Crippen molar-refractivity contribution < 1.29 is 19.1 Å². The van der Waals surface area contributed by atoms with Gasteiger partial charge < -0.3 is 14.8 Å². The molecule has 3 aromatic rings. The normalized spacial score (nSPS) is 12.4. The van der Waals surface area contributed by atoms with Crippen LogP contribution in [-0.2, 0) is 27.2 Å². The highest BCUT2D eigenvalue weighted by Gasteiger charge is 2.25. The predicted octanol–water partition coefficient (Wildman–Crippen LogP) is 4.00. The fraction of sp³-hybridized carbons (Fsp3) is 0.375. The van der Waals surface area contributed by atoms with Gasteiger partial charge in [0, 0.05) is 11.8 Å². The van der Waals surface area contributed by atoms with Crippen molar-refractivity contribution in [3.05, 3.63) is 65.4 Å². The molecule has 0 bridgehead atoms. The Kier molecular flexibility index (Phi) is 6.63. The lowest BCUT2D eigenvalue weighted by atomic mass is 10.0. The van der Waals surface area contributed by atoms with Gasteiger partial charge in [-0.1, -0.05) is 36.4 Å². The van der Waals surface area contributed by atoms with Gasteiger partial charge in [0.25, 0.3) is 0 Å². The van der Waals surface area contributed by atoms with Crippen LogP contribution in [0.25, 0.3) is 10.9 Å². The number of rotatable bonds is 6. The summed E-state index contributed by atoms with van der Waals surface area (Å²) in [4.78, 5) is 24.4. The van der Waals surface area contributed by atoms with E-state index in [0.717, 1.165) is 22.0 Å². The van der Waals surface area contributed by atoms with Crippen LogP contribution in [0.4, 0.5) is 4.79 Å². The highest BCUT2D eigenvalue weighted by Crippen LogP contribution is 2.23. The van der Waals surface area contributed by atoms with Crippen molar-refractivity contribution in [2.24, 2.45) is 0 Å². The molecule has 1 heterocycles. The number of hydrogen-bond acceptors (Lipinski definition) is 5. The third kappa shape index (κ3) is 5.84. The monoisotopic (exact) mass is 423 g/mol. The van der Waals surface area contributed by atoms with Gasteiger partial charge in [-0.15, -0.1) is 0 Å². The summed E-state index contributed by atoms with van der Waals surface area (Å²) >= 11 is 0. The zero-order valence-corrected chi connectivity index (χ0v) is 18.6. The first-order valence-corrected chi connectivity index (χ1v) is 10.2. The minimum Gasteiger partial charge on any atom is -0.467 e. The van der Waals surface area contributed by atoms with E-state index < -0.39 is 23.7 Å². The van der Waals surface area contributed by atoms with Gasteiger partial charge in [-0.3, -0.25) is 4.68 Å². The maximum Gasteiger partial charge on any atom is 0.408 e. The van der Waals surface area contributed by atoms with Crippen LogP contribution in [0.2, 0.25) is 0 Å². The summed E-state index contributed by atoms with van der Waals surface area (Å²) in [5, 5.41) is 8.15. The van der Waals surface area contributed by atoms with E-state index in [9.17, 15) is 9.59 Å². The summed E-state index contributed by atoms with van der Waals surface area (Å²) in [6.07, 6.45) is 1.45. The number of nitrogens with zero attached hydrogens (tertiary/aromatic N) is 2. The third-order valence-corrected chi connectivity index (χ3v) is 4.78. The zero-order chi connectivity index (χ0) is 22.6. The molecule has 2 aromatic carbocycles. The number of benzene rings is 2. The van der Waals surface area contributed by atoms with Crippen molar-refractivity contribution in [2.45, 2.75) is 52.3 Å². The van der Waals surface area contributed by atoms with Crippen molar-refractivity contribution in [1.82, 2.24) is 15.1 Å². The number of fused-ring (bicyclic) bond motifs is 1. The average Bonchev–Trinajstić information content (AvgIpc) is 3.09. The zero-order valence-electron chi connectivity index (χ0n) is 18.6. The van der Waals surface area contributed by atoms with Crippen LogP contribution in [0.15, 0.2) is 48.7 Å². The lowest BCUT2D eigenvalue weighted by Gasteiger charge is -2.22. The average molecular weight is 424 g/mol. The van der Waals surface area contributed by atoms with E-state index >= 15 is 0 Å². The first kappa shape index (κ1) is 22.3. The smallest absolute Gasteiger partial charge is 0.408 e. The first-order valence-electron chi connectivity index (χ1n) is 10.2.